The lowest BCUT2D eigenvalue weighted by molar-refractivity contribution is 0.101. The molecule has 0 radical (unpaired) electrons. The lowest BCUT2D eigenvalue weighted by Gasteiger charge is -2.06. The highest BCUT2D eigenvalue weighted by Crippen LogP contribution is 2.11. The van der Waals surface area contributed by atoms with Crippen molar-refractivity contribution in [2.24, 2.45) is 0 Å². The Hall–Kier alpha value is -2.36. The Morgan fingerprint density at radius 3 is 2.78 bits per heavy atom. The van der Waals surface area contributed by atoms with Crippen molar-refractivity contribution in [1.29, 1.82) is 0 Å². The summed E-state index contributed by atoms with van der Waals surface area (Å²) in [6.45, 7) is 0.235. The molecule has 1 aromatic carbocycles. The van der Waals surface area contributed by atoms with Crippen molar-refractivity contribution in [2.75, 3.05) is 19.0 Å². The van der Waals surface area contributed by atoms with Gasteiger partial charge in [0.2, 0.25) is 0 Å². The summed E-state index contributed by atoms with van der Waals surface area (Å²) in [6, 6.07) is 11.3. The summed E-state index contributed by atoms with van der Waals surface area (Å²) < 4.78 is 5.03. The second kappa shape index (κ2) is 5.82. The van der Waals surface area contributed by atoms with Gasteiger partial charge in [0.15, 0.2) is 5.78 Å². The molecule has 0 aliphatic carbocycles. The molecule has 18 heavy (non-hydrogen) atoms. The Bertz CT molecular complexity index is 526. The number of ketones is 1. The van der Waals surface area contributed by atoms with Crippen LogP contribution in [0.4, 0.5) is 5.69 Å². The SMILES string of the molecule is COc1cncc(C(=O)CNc2ccccc2)c1. The fraction of sp³-hybridized carbons (Fsp3) is 0.143. The number of carbonyl (C=O) groups is 1. The Labute approximate surface area is 106 Å². The number of anilines is 1. The molecular weight excluding hydrogens is 228 g/mol. The van der Waals surface area contributed by atoms with Gasteiger partial charge in [0.1, 0.15) is 5.75 Å². The molecule has 0 unspecified atom stereocenters. The van der Waals surface area contributed by atoms with E-state index in [1.807, 2.05) is 30.3 Å². The third-order valence-corrected chi connectivity index (χ3v) is 2.50. The van der Waals surface area contributed by atoms with Crippen molar-refractivity contribution >= 4 is 11.5 Å². The van der Waals surface area contributed by atoms with Crippen LogP contribution in [0, 0.1) is 0 Å². The Morgan fingerprint density at radius 1 is 1.28 bits per heavy atom. The number of para-hydroxylation sites is 1. The highest BCUT2D eigenvalue weighted by Gasteiger charge is 2.07. The second-order valence-electron chi connectivity index (χ2n) is 3.76. The number of ether oxygens (including phenoxy) is 1. The standard InChI is InChI=1S/C14H14N2O2/c1-18-13-7-11(8-15-9-13)14(17)10-16-12-5-3-2-4-6-12/h2-9,16H,10H2,1H3. The average molecular weight is 242 g/mol. The third-order valence-electron chi connectivity index (χ3n) is 2.50. The third kappa shape index (κ3) is 3.07. The molecule has 0 aliphatic rings. The van der Waals surface area contributed by atoms with Gasteiger partial charge in [0.05, 0.1) is 19.9 Å². The fourth-order valence-corrected chi connectivity index (χ4v) is 1.52. The minimum absolute atomic E-state index is 0.0229. The van der Waals surface area contributed by atoms with Crippen LogP contribution in [0.15, 0.2) is 48.8 Å². The largest absolute Gasteiger partial charge is 0.495 e. The fourth-order valence-electron chi connectivity index (χ4n) is 1.52. The minimum atomic E-state index is -0.0229. The van der Waals surface area contributed by atoms with Crippen molar-refractivity contribution < 1.29 is 9.53 Å². The molecule has 4 nitrogen and oxygen atoms in total. The van der Waals surface area contributed by atoms with E-state index in [9.17, 15) is 4.79 Å². The van der Waals surface area contributed by atoms with Gasteiger partial charge in [-0.3, -0.25) is 9.78 Å². The first-order valence-corrected chi connectivity index (χ1v) is 5.61. The average Bonchev–Trinajstić information content (AvgIpc) is 2.46. The zero-order chi connectivity index (χ0) is 12.8. The number of methoxy groups -OCH3 is 1. The highest BCUT2D eigenvalue weighted by molar-refractivity contribution is 5.98. The van der Waals surface area contributed by atoms with Gasteiger partial charge < -0.3 is 10.1 Å². The number of hydrogen-bond donors (Lipinski definition) is 1. The number of rotatable bonds is 5. The van der Waals surface area contributed by atoms with Crippen LogP contribution in [0.2, 0.25) is 0 Å². The number of nitrogens with one attached hydrogen (secondary N) is 1. The highest BCUT2D eigenvalue weighted by atomic mass is 16.5. The van der Waals surface area contributed by atoms with Crippen LogP contribution in [0.3, 0.4) is 0 Å². The summed E-state index contributed by atoms with van der Waals surface area (Å²) in [7, 11) is 1.55. The van der Waals surface area contributed by atoms with E-state index in [0.717, 1.165) is 5.69 Å². The predicted octanol–water partition coefficient (Wildman–Crippen LogP) is 2.39. The molecule has 0 saturated carbocycles. The molecule has 0 spiro atoms. The van der Waals surface area contributed by atoms with E-state index in [1.54, 1.807) is 19.4 Å². The summed E-state index contributed by atoms with van der Waals surface area (Å²) in [5, 5.41) is 3.06. The molecule has 0 aliphatic heterocycles. The summed E-state index contributed by atoms with van der Waals surface area (Å²) in [6.07, 6.45) is 3.11. The van der Waals surface area contributed by atoms with E-state index in [2.05, 4.69) is 10.3 Å². The predicted molar refractivity (Wildman–Crippen MR) is 70.1 cm³/mol. The van der Waals surface area contributed by atoms with Crippen LogP contribution < -0.4 is 10.1 Å². The number of nitrogens with zero attached hydrogens (tertiary/aromatic N) is 1. The van der Waals surface area contributed by atoms with Crippen molar-refractivity contribution in [2.45, 2.75) is 0 Å². The van der Waals surface area contributed by atoms with E-state index < -0.39 is 0 Å². The normalized spacial score (nSPS) is 9.83. The van der Waals surface area contributed by atoms with Gasteiger partial charge in [0, 0.05) is 17.4 Å². The van der Waals surface area contributed by atoms with Crippen LogP contribution >= 0.6 is 0 Å². The molecule has 4 heteroatoms. The van der Waals surface area contributed by atoms with Crippen molar-refractivity contribution in [3.05, 3.63) is 54.4 Å². The monoisotopic (exact) mass is 242 g/mol. The topological polar surface area (TPSA) is 51.2 Å². The van der Waals surface area contributed by atoms with Gasteiger partial charge in [0.25, 0.3) is 0 Å². The Morgan fingerprint density at radius 2 is 2.06 bits per heavy atom. The van der Waals surface area contributed by atoms with E-state index >= 15 is 0 Å². The smallest absolute Gasteiger partial charge is 0.183 e. The molecule has 2 aromatic rings. The van der Waals surface area contributed by atoms with E-state index in [0.29, 0.717) is 11.3 Å². The van der Waals surface area contributed by atoms with Crippen LogP contribution in [0.5, 0.6) is 5.75 Å². The number of benzene rings is 1. The number of carbonyl (C=O) groups excluding carboxylic acids is 1. The first-order valence-electron chi connectivity index (χ1n) is 5.61. The van der Waals surface area contributed by atoms with Gasteiger partial charge >= 0.3 is 0 Å². The summed E-state index contributed by atoms with van der Waals surface area (Å²) in [4.78, 5) is 15.9. The van der Waals surface area contributed by atoms with Crippen LogP contribution in [-0.2, 0) is 0 Å². The van der Waals surface area contributed by atoms with Gasteiger partial charge in [-0.05, 0) is 18.2 Å². The van der Waals surface area contributed by atoms with Crippen LogP contribution in [0.1, 0.15) is 10.4 Å². The minimum Gasteiger partial charge on any atom is -0.495 e. The maximum Gasteiger partial charge on any atom is 0.183 e. The lowest BCUT2D eigenvalue weighted by Crippen LogP contribution is -2.14. The van der Waals surface area contributed by atoms with Crippen LogP contribution in [0.25, 0.3) is 0 Å². The van der Waals surface area contributed by atoms with E-state index in [1.165, 1.54) is 6.20 Å². The van der Waals surface area contributed by atoms with Gasteiger partial charge in [-0.1, -0.05) is 18.2 Å². The Kier molecular flexibility index (Phi) is 3.91. The molecule has 92 valence electrons. The molecule has 0 fully saturated rings. The lowest BCUT2D eigenvalue weighted by atomic mass is 10.2. The zero-order valence-electron chi connectivity index (χ0n) is 10.1. The molecule has 0 atom stereocenters. The van der Waals surface area contributed by atoms with Gasteiger partial charge in [-0.2, -0.15) is 0 Å². The van der Waals surface area contributed by atoms with E-state index in [-0.39, 0.29) is 12.3 Å². The summed E-state index contributed by atoms with van der Waals surface area (Å²) >= 11 is 0. The molecule has 0 amide bonds. The van der Waals surface area contributed by atoms with Crippen molar-refractivity contribution in [3.63, 3.8) is 0 Å². The molecule has 0 bridgehead atoms. The zero-order valence-corrected chi connectivity index (χ0v) is 10.1. The first kappa shape index (κ1) is 12.1. The molecule has 1 aromatic heterocycles. The molecule has 0 saturated heterocycles. The molecule has 1 heterocycles. The number of hydrogen-bond acceptors (Lipinski definition) is 4. The number of pyridine rings is 1. The maximum absolute atomic E-state index is 11.9. The molecule has 2 rings (SSSR count). The summed E-state index contributed by atoms with van der Waals surface area (Å²) in [5.74, 6) is 0.561. The number of Topliss-reactive ketones (excluding diaryl/α,β-unsaturated/α-hetero) is 1. The van der Waals surface area contributed by atoms with E-state index in [4.69, 9.17) is 4.74 Å². The molecular formula is C14H14N2O2. The summed E-state index contributed by atoms with van der Waals surface area (Å²) in [5.41, 5.74) is 1.46. The van der Waals surface area contributed by atoms with Gasteiger partial charge in [-0.25, -0.2) is 0 Å². The second-order valence-corrected chi connectivity index (χ2v) is 3.76. The van der Waals surface area contributed by atoms with Crippen molar-refractivity contribution in [1.82, 2.24) is 4.98 Å². The first-order chi connectivity index (χ1) is 8.79. The van der Waals surface area contributed by atoms with Crippen LogP contribution in [-0.4, -0.2) is 24.4 Å². The number of aromatic nitrogens is 1. The van der Waals surface area contributed by atoms with Gasteiger partial charge in [-0.15, -0.1) is 0 Å². The van der Waals surface area contributed by atoms with Crippen molar-refractivity contribution in [3.8, 4) is 5.75 Å². The Balaban J connectivity index is 1.99. The quantitative estimate of drug-likeness (QED) is 0.818. The maximum atomic E-state index is 11.9. The molecule has 1 N–H and O–H groups in total.